The molecule has 0 aliphatic carbocycles. The third-order valence-corrected chi connectivity index (χ3v) is 5.64. The van der Waals surface area contributed by atoms with Gasteiger partial charge in [-0.25, -0.2) is 0 Å². The summed E-state index contributed by atoms with van der Waals surface area (Å²) in [6.45, 7) is 3.59. The molecule has 3 aromatic rings. The van der Waals surface area contributed by atoms with Crippen LogP contribution in [-0.2, 0) is 17.6 Å². The van der Waals surface area contributed by atoms with E-state index in [4.69, 9.17) is 5.11 Å². The third-order valence-electron chi connectivity index (χ3n) is 5.64. The molecule has 0 unspecified atom stereocenters. The maximum Gasteiger partial charge on any atom is 0.307 e. The quantitative estimate of drug-likeness (QED) is 0.447. The molecular weight excluding hydrogens is 390 g/mol. The van der Waals surface area contributed by atoms with Crippen LogP contribution in [0.15, 0.2) is 60.8 Å². The van der Waals surface area contributed by atoms with E-state index in [-0.39, 0.29) is 18.5 Å². The lowest BCUT2D eigenvalue weighted by atomic mass is 9.96. The molecule has 2 heterocycles. The number of fused-ring (bicyclic) bond motifs is 1. The monoisotopic (exact) mass is 417 g/mol. The SMILES string of the molecule is Cc1ccc(CC(=O)O)cc1CCN[C@H](c1ccccc1)[C@H]1CNc2ccnnc2N1. The van der Waals surface area contributed by atoms with Gasteiger partial charge in [0.05, 0.1) is 30.4 Å². The zero-order valence-electron chi connectivity index (χ0n) is 17.5. The van der Waals surface area contributed by atoms with Crippen molar-refractivity contribution in [2.75, 3.05) is 23.7 Å². The Hall–Kier alpha value is -3.45. The van der Waals surface area contributed by atoms with Gasteiger partial charge in [0, 0.05) is 6.54 Å². The maximum atomic E-state index is 11.1. The summed E-state index contributed by atoms with van der Waals surface area (Å²) in [6, 6.07) is 18.4. The Balaban J connectivity index is 1.47. The highest BCUT2D eigenvalue weighted by atomic mass is 16.4. The molecule has 0 saturated carbocycles. The smallest absolute Gasteiger partial charge is 0.307 e. The van der Waals surface area contributed by atoms with Crippen LogP contribution in [0.1, 0.15) is 28.3 Å². The summed E-state index contributed by atoms with van der Waals surface area (Å²) >= 11 is 0. The van der Waals surface area contributed by atoms with Crippen molar-refractivity contribution in [3.63, 3.8) is 0 Å². The largest absolute Gasteiger partial charge is 0.481 e. The van der Waals surface area contributed by atoms with Gasteiger partial charge >= 0.3 is 5.97 Å². The van der Waals surface area contributed by atoms with Crippen LogP contribution in [0.3, 0.4) is 0 Å². The lowest BCUT2D eigenvalue weighted by Crippen LogP contribution is -2.44. The van der Waals surface area contributed by atoms with Gasteiger partial charge in [0.1, 0.15) is 0 Å². The predicted octanol–water partition coefficient (Wildman–Crippen LogP) is 3.19. The van der Waals surface area contributed by atoms with Crippen LogP contribution in [0.2, 0.25) is 0 Å². The van der Waals surface area contributed by atoms with Crippen molar-refractivity contribution in [1.29, 1.82) is 0 Å². The highest BCUT2D eigenvalue weighted by Gasteiger charge is 2.27. The number of aryl methyl sites for hydroxylation is 1. The summed E-state index contributed by atoms with van der Waals surface area (Å²) in [7, 11) is 0. The molecule has 0 spiro atoms. The van der Waals surface area contributed by atoms with Gasteiger partial charge in [0.2, 0.25) is 0 Å². The van der Waals surface area contributed by atoms with Crippen molar-refractivity contribution in [2.24, 2.45) is 0 Å². The first-order chi connectivity index (χ1) is 15.1. The van der Waals surface area contributed by atoms with Gasteiger partial charge < -0.3 is 21.1 Å². The fraction of sp³-hybridized carbons (Fsp3) is 0.292. The van der Waals surface area contributed by atoms with Gasteiger partial charge in [0.25, 0.3) is 0 Å². The molecule has 1 aliphatic heterocycles. The number of hydrogen-bond acceptors (Lipinski definition) is 6. The van der Waals surface area contributed by atoms with Gasteiger partial charge in [0.15, 0.2) is 5.82 Å². The van der Waals surface area contributed by atoms with Crippen molar-refractivity contribution < 1.29 is 9.90 Å². The van der Waals surface area contributed by atoms with Crippen LogP contribution in [0.4, 0.5) is 11.5 Å². The summed E-state index contributed by atoms with van der Waals surface area (Å²) in [5, 5.41) is 28.0. The van der Waals surface area contributed by atoms with E-state index < -0.39 is 5.97 Å². The molecule has 4 rings (SSSR count). The highest BCUT2D eigenvalue weighted by Crippen LogP contribution is 2.28. The van der Waals surface area contributed by atoms with Crippen LogP contribution in [-0.4, -0.2) is 40.4 Å². The van der Waals surface area contributed by atoms with Crippen molar-refractivity contribution in [1.82, 2.24) is 15.5 Å². The molecular formula is C24H27N5O2. The molecule has 4 N–H and O–H groups in total. The zero-order valence-corrected chi connectivity index (χ0v) is 17.5. The van der Waals surface area contributed by atoms with E-state index in [1.54, 1.807) is 6.20 Å². The van der Waals surface area contributed by atoms with Crippen LogP contribution in [0.25, 0.3) is 0 Å². The van der Waals surface area contributed by atoms with E-state index in [1.165, 1.54) is 16.7 Å². The van der Waals surface area contributed by atoms with E-state index >= 15 is 0 Å². The Morgan fingerprint density at radius 2 is 2.06 bits per heavy atom. The molecule has 31 heavy (non-hydrogen) atoms. The topological polar surface area (TPSA) is 99.2 Å². The highest BCUT2D eigenvalue weighted by molar-refractivity contribution is 5.70. The number of aliphatic carboxylic acids is 1. The van der Waals surface area contributed by atoms with E-state index in [0.717, 1.165) is 36.6 Å². The first kappa shape index (κ1) is 20.8. The number of hydrogen-bond donors (Lipinski definition) is 4. The average molecular weight is 418 g/mol. The molecule has 0 fully saturated rings. The van der Waals surface area contributed by atoms with Crippen molar-refractivity contribution in [2.45, 2.75) is 31.8 Å². The number of carboxylic acid groups (broad SMARTS) is 1. The molecule has 160 valence electrons. The molecule has 0 saturated heterocycles. The summed E-state index contributed by atoms with van der Waals surface area (Å²) in [4.78, 5) is 11.1. The van der Waals surface area contributed by atoms with Gasteiger partial charge in [-0.3, -0.25) is 4.79 Å². The van der Waals surface area contributed by atoms with Crippen molar-refractivity contribution in [3.05, 3.63) is 83.0 Å². The van der Waals surface area contributed by atoms with Gasteiger partial charge in [-0.15, -0.1) is 5.10 Å². The average Bonchev–Trinajstić information content (AvgIpc) is 2.78. The number of rotatable bonds is 8. The lowest BCUT2D eigenvalue weighted by molar-refractivity contribution is -0.136. The molecule has 0 bridgehead atoms. The zero-order chi connectivity index (χ0) is 21.6. The molecule has 0 radical (unpaired) electrons. The standard InChI is InChI=1S/C24H27N5O2/c1-16-7-8-17(14-22(30)31)13-19(16)9-11-25-23(18-5-3-2-4-6-18)21-15-26-20-10-12-27-29-24(20)28-21/h2-8,10,12-13,21,23,25-26H,9,11,14-15H2,1H3,(H,28,29)(H,30,31)/t21-,23-/m1/s1. The molecule has 1 aliphatic rings. The molecule has 1 aromatic heterocycles. The van der Waals surface area contributed by atoms with Crippen molar-refractivity contribution >= 4 is 17.5 Å². The summed E-state index contributed by atoms with van der Waals surface area (Å²) in [6.07, 6.45) is 2.55. The van der Waals surface area contributed by atoms with Gasteiger partial charge in [-0.1, -0.05) is 48.5 Å². The Morgan fingerprint density at radius 1 is 1.23 bits per heavy atom. The summed E-state index contributed by atoms with van der Waals surface area (Å²) < 4.78 is 0. The van der Waals surface area contributed by atoms with E-state index in [9.17, 15) is 4.79 Å². The van der Waals surface area contributed by atoms with Crippen LogP contribution >= 0.6 is 0 Å². The molecule has 2 atom stereocenters. The fourth-order valence-electron chi connectivity index (χ4n) is 4.02. The number of carbonyl (C=O) groups is 1. The summed E-state index contributed by atoms with van der Waals surface area (Å²) in [5.74, 6) is -0.0463. The number of anilines is 2. The van der Waals surface area contributed by atoms with Gasteiger partial charge in [-0.05, 0) is 48.2 Å². The maximum absolute atomic E-state index is 11.1. The lowest BCUT2D eigenvalue weighted by Gasteiger charge is -2.34. The normalized spacial score (nSPS) is 16.0. The number of aromatic nitrogens is 2. The second-order valence-electron chi connectivity index (χ2n) is 7.85. The van der Waals surface area contributed by atoms with E-state index in [1.807, 2.05) is 42.5 Å². The Kier molecular flexibility index (Phi) is 6.43. The van der Waals surface area contributed by atoms with E-state index in [2.05, 4.69) is 45.2 Å². The molecule has 2 aromatic carbocycles. The molecule has 7 nitrogen and oxygen atoms in total. The number of carboxylic acids is 1. The van der Waals surface area contributed by atoms with Gasteiger partial charge in [-0.2, -0.15) is 5.10 Å². The first-order valence-corrected chi connectivity index (χ1v) is 10.5. The molecule has 7 heteroatoms. The second-order valence-corrected chi connectivity index (χ2v) is 7.85. The predicted molar refractivity (Wildman–Crippen MR) is 121 cm³/mol. The minimum absolute atomic E-state index is 0.0471. The molecule has 0 amide bonds. The Labute approximate surface area is 181 Å². The summed E-state index contributed by atoms with van der Waals surface area (Å²) in [5.41, 5.74) is 5.34. The second kappa shape index (κ2) is 9.57. The third kappa shape index (κ3) is 5.19. The Bertz CT molecular complexity index is 1040. The minimum atomic E-state index is -0.809. The van der Waals surface area contributed by atoms with Crippen LogP contribution in [0.5, 0.6) is 0 Å². The number of nitrogens with one attached hydrogen (secondary N) is 3. The number of benzene rings is 2. The van der Waals surface area contributed by atoms with Crippen LogP contribution in [0, 0.1) is 6.92 Å². The Morgan fingerprint density at radius 3 is 2.87 bits per heavy atom. The van der Waals surface area contributed by atoms with Crippen molar-refractivity contribution in [3.8, 4) is 0 Å². The fourth-order valence-corrected chi connectivity index (χ4v) is 4.02. The minimum Gasteiger partial charge on any atom is -0.481 e. The first-order valence-electron chi connectivity index (χ1n) is 10.5. The number of nitrogens with zero attached hydrogens (tertiary/aromatic N) is 2. The van der Waals surface area contributed by atoms with Crippen LogP contribution < -0.4 is 16.0 Å². The van der Waals surface area contributed by atoms with E-state index in [0.29, 0.717) is 0 Å².